The molecule has 0 spiro atoms. The number of guanidine groups is 1. The molecule has 0 aliphatic rings. The smallest absolute Gasteiger partial charge is 0.211 e. The average molecular weight is 268 g/mol. The number of hydrogen-bond acceptors (Lipinski definition) is 3. The molecule has 102 valence electrons. The van der Waals surface area contributed by atoms with Gasteiger partial charge in [-0.3, -0.25) is 0 Å². The summed E-state index contributed by atoms with van der Waals surface area (Å²) >= 11 is 0. The van der Waals surface area contributed by atoms with Crippen LogP contribution in [0.15, 0.2) is 70.9 Å². The van der Waals surface area contributed by atoms with Gasteiger partial charge < -0.3 is 16.6 Å². The van der Waals surface area contributed by atoms with Gasteiger partial charge in [0, 0.05) is 5.56 Å². The lowest BCUT2D eigenvalue weighted by Gasteiger charge is -2.13. The van der Waals surface area contributed by atoms with Crippen LogP contribution in [0.4, 0.5) is 0 Å². The van der Waals surface area contributed by atoms with Gasteiger partial charge in [-0.1, -0.05) is 60.7 Å². The topological polar surface area (TPSA) is 97.0 Å². The number of rotatable bonds is 4. The molecule has 5 N–H and O–H groups in total. The second-order valence-electron chi connectivity index (χ2n) is 4.19. The molecule has 2 aromatic rings. The third kappa shape index (κ3) is 3.43. The maximum absolute atomic E-state index is 10.5. The quantitative estimate of drug-likeness (QED) is 0.444. The van der Waals surface area contributed by atoms with Gasteiger partial charge in [-0.15, -0.1) is 10.2 Å². The molecule has 0 heterocycles. The largest absolute Gasteiger partial charge is 0.382 e. The molecular weight excluding hydrogens is 252 g/mol. The van der Waals surface area contributed by atoms with Crippen LogP contribution in [0.2, 0.25) is 0 Å². The zero-order chi connectivity index (χ0) is 14.4. The van der Waals surface area contributed by atoms with Crippen LogP contribution < -0.4 is 11.5 Å². The molecular formula is C15H16N4O. The van der Waals surface area contributed by atoms with E-state index in [-0.39, 0.29) is 5.96 Å². The van der Waals surface area contributed by atoms with E-state index in [0.717, 1.165) is 11.1 Å². The van der Waals surface area contributed by atoms with Crippen molar-refractivity contribution in [2.45, 2.75) is 6.10 Å². The van der Waals surface area contributed by atoms with Gasteiger partial charge in [-0.05, 0) is 5.56 Å². The minimum Gasteiger partial charge on any atom is -0.382 e. The fourth-order valence-electron chi connectivity index (χ4n) is 1.78. The van der Waals surface area contributed by atoms with Crippen LogP contribution in [0.25, 0.3) is 0 Å². The zero-order valence-corrected chi connectivity index (χ0v) is 10.8. The lowest BCUT2D eigenvalue weighted by atomic mass is 9.99. The van der Waals surface area contributed by atoms with Crippen LogP contribution in [0.3, 0.4) is 0 Å². The van der Waals surface area contributed by atoms with E-state index in [9.17, 15) is 5.11 Å². The molecule has 0 aromatic heterocycles. The van der Waals surface area contributed by atoms with Crippen LogP contribution in [-0.2, 0) is 0 Å². The maximum Gasteiger partial charge on any atom is 0.211 e. The normalized spacial score (nSPS) is 12.8. The summed E-state index contributed by atoms with van der Waals surface area (Å²) < 4.78 is 0. The number of nitrogens with zero attached hydrogens (tertiary/aromatic N) is 2. The first-order valence-electron chi connectivity index (χ1n) is 6.13. The van der Waals surface area contributed by atoms with Crippen molar-refractivity contribution in [2.75, 3.05) is 0 Å². The molecule has 2 rings (SSSR count). The fraction of sp³-hybridized carbons (Fsp3) is 0.0667. The van der Waals surface area contributed by atoms with E-state index in [0.29, 0.717) is 5.71 Å². The molecule has 0 unspecified atom stereocenters. The fourth-order valence-corrected chi connectivity index (χ4v) is 1.78. The van der Waals surface area contributed by atoms with Crippen molar-refractivity contribution in [1.82, 2.24) is 0 Å². The van der Waals surface area contributed by atoms with Crippen LogP contribution in [0.5, 0.6) is 0 Å². The lowest BCUT2D eigenvalue weighted by molar-refractivity contribution is 0.247. The predicted octanol–water partition coefficient (Wildman–Crippen LogP) is 1.40. The van der Waals surface area contributed by atoms with Gasteiger partial charge >= 0.3 is 0 Å². The Hall–Kier alpha value is -2.66. The summed E-state index contributed by atoms with van der Waals surface area (Å²) in [6, 6.07) is 18.5. The van der Waals surface area contributed by atoms with Crippen molar-refractivity contribution >= 4 is 11.7 Å². The highest BCUT2D eigenvalue weighted by Gasteiger charge is 2.17. The molecule has 0 fully saturated rings. The van der Waals surface area contributed by atoms with E-state index in [1.54, 1.807) is 0 Å². The second kappa shape index (κ2) is 6.49. The Morgan fingerprint density at radius 1 is 0.850 bits per heavy atom. The van der Waals surface area contributed by atoms with Crippen LogP contribution in [-0.4, -0.2) is 16.8 Å². The number of aliphatic hydroxyl groups is 1. The summed E-state index contributed by atoms with van der Waals surface area (Å²) in [6.07, 6.45) is -0.901. The Bertz CT molecular complexity index is 604. The number of aliphatic hydroxyl groups excluding tert-OH is 1. The van der Waals surface area contributed by atoms with Crippen LogP contribution >= 0.6 is 0 Å². The van der Waals surface area contributed by atoms with Gasteiger partial charge in [-0.25, -0.2) is 0 Å². The first kappa shape index (κ1) is 13.8. The summed E-state index contributed by atoms with van der Waals surface area (Å²) in [4.78, 5) is 0. The minimum absolute atomic E-state index is 0.154. The monoisotopic (exact) mass is 268 g/mol. The summed E-state index contributed by atoms with van der Waals surface area (Å²) in [5.41, 5.74) is 12.5. The van der Waals surface area contributed by atoms with E-state index in [1.165, 1.54) is 0 Å². The van der Waals surface area contributed by atoms with Gasteiger partial charge in [0.25, 0.3) is 0 Å². The third-order valence-electron chi connectivity index (χ3n) is 2.72. The standard InChI is InChI=1S/C15H16N4O/c16-15(17)19-18-13(11-7-3-1-4-8-11)14(20)12-9-5-2-6-10-12/h1-10,14,20H,(H4,16,17,19)/b18-13-/t14-/m0/s1. The Balaban J connectivity index is 2.42. The Labute approximate surface area is 117 Å². The highest BCUT2D eigenvalue weighted by atomic mass is 16.3. The Morgan fingerprint density at radius 2 is 1.40 bits per heavy atom. The van der Waals surface area contributed by atoms with E-state index in [2.05, 4.69) is 10.2 Å². The maximum atomic E-state index is 10.5. The summed E-state index contributed by atoms with van der Waals surface area (Å²) in [5, 5.41) is 18.1. The zero-order valence-electron chi connectivity index (χ0n) is 10.8. The van der Waals surface area contributed by atoms with Crippen molar-refractivity contribution in [1.29, 1.82) is 0 Å². The molecule has 0 aliphatic carbocycles. The molecule has 0 saturated heterocycles. The summed E-state index contributed by atoms with van der Waals surface area (Å²) in [6.45, 7) is 0. The van der Waals surface area contributed by atoms with Crippen molar-refractivity contribution in [3.63, 3.8) is 0 Å². The van der Waals surface area contributed by atoms with E-state index in [1.807, 2.05) is 60.7 Å². The van der Waals surface area contributed by atoms with Gasteiger partial charge in [-0.2, -0.15) is 0 Å². The number of benzene rings is 2. The van der Waals surface area contributed by atoms with Gasteiger partial charge in [0.2, 0.25) is 5.96 Å². The van der Waals surface area contributed by atoms with Gasteiger partial charge in [0.1, 0.15) is 11.8 Å². The number of hydrogen-bond donors (Lipinski definition) is 3. The highest BCUT2D eigenvalue weighted by Crippen LogP contribution is 2.19. The Kier molecular flexibility index (Phi) is 4.47. The molecule has 0 aliphatic heterocycles. The molecule has 5 heteroatoms. The average Bonchev–Trinajstić information content (AvgIpc) is 2.49. The third-order valence-corrected chi connectivity index (χ3v) is 2.72. The molecule has 0 radical (unpaired) electrons. The van der Waals surface area contributed by atoms with Crippen molar-refractivity contribution in [3.8, 4) is 0 Å². The summed E-state index contributed by atoms with van der Waals surface area (Å²) in [7, 11) is 0. The molecule has 0 saturated carbocycles. The van der Waals surface area contributed by atoms with Crippen LogP contribution in [0, 0.1) is 0 Å². The Morgan fingerprint density at radius 3 is 1.95 bits per heavy atom. The van der Waals surface area contributed by atoms with E-state index in [4.69, 9.17) is 11.5 Å². The molecule has 20 heavy (non-hydrogen) atoms. The van der Waals surface area contributed by atoms with Gasteiger partial charge in [0.15, 0.2) is 0 Å². The van der Waals surface area contributed by atoms with Crippen molar-refractivity contribution < 1.29 is 5.11 Å². The predicted molar refractivity (Wildman–Crippen MR) is 80.2 cm³/mol. The first-order chi connectivity index (χ1) is 9.68. The molecule has 0 bridgehead atoms. The lowest BCUT2D eigenvalue weighted by Crippen LogP contribution is -2.22. The SMILES string of the molecule is NC(N)=N/N=C(/c1ccccc1)[C@@H](O)c1ccccc1. The second-order valence-corrected chi connectivity index (χ2v) is 4.19. The van der Waals surface area contributed by atoms with Crippen molar-refractivity contribution in [2.24, 2.45) is 21.7 Å². The summed E-state index contributed by atoms with van der Waals surface area (Å²) in [5.74, 6) is -0.154. The number of nitrogens with two attached hydrogens (primary N) is 2. The van der Waals surface area contributed by atoms with E-state index >= 15 is 0 Å². The highest BCUT2D eigenvalue weighted by molar-refractivity contribution is 6.04. The molecule has 0 amide bonds. The molecule has 1 atom stereocenters. The molecule has 5 nitrogen and oxygen atoms in total. The van der Waals surface area contributed by atoms with E-state index < -0.39 is 6.10 Å². The van der Waals surface area contributed by atoms with Crippen molar-refractivity contribution in [3.05, 3.63) is 71.8 Å². The van der Waals surface area contributed by atoms with Gasteiger partial charge in [0.05, 0.1) is 0 Å². The molecule has 2 aromatic carbocycles. The minimum atomic E-state index is -0.901. The van der Waals surface area contributed by atoms with Crippen LogP contribution in [0.1, 0.15) is 17.2 Å². The first-order valence-corrected chi connectivity index (χ1v) is 6.13.